The summed E-state index contributed by atoms with van der Waals surface area (Å²) in [4.78, 5) is 13.3. The zero-order valence-electron chi connectivity index (χ0n) is 19.4. The Bertz CT molecular complexity index is 1150. The molecule has 166 valence electrons. The molecule has 0 bridgehead atoms. The summed E-state index contributed by atoms with van der Waals surface area (Å²) in [6.07, 6.45) is 0. The molecule has 0 radical (unpaired) electrons. The van der Waals surface area contributed by atoms with Crippen LogP contribution in [0.2, 0.25) is 0 Å². The molecule has 0 N–H and O–H groups in total. The molecule has 33 heavy (non-hydrogen) atoms. The summed E-state index contributed by atoms with van der Waals surface area (Å²) in [5, 5.41) is 3.41. The second-order valence-electron chi connectivity index (χ2n) is 8.45. The van der Waals surface area contributed by atoms with Gasteiger partial charge in [-0.1, -0.05) is 120 Å². The second-order valence-corrected chi connectivity index (χ2v) is 11.7. The van der Waals surface area contributed by atoms with Crippen LogP contribution >= 0.6 is 6.89 Å². The molecule has 4 aromatic rings. The molecule has 0 saturated heterocycles. The van der Waals surface area contributed by atoms with E-state index >= 15 is 0 Å². The van der Waals surface area contributed by atoms with Crippen LogP contribution in [-0.4, -0.2) is 11.8 Å². The standard InChI is InChI=1S/C30H29O2P/c1-23-9-15-27(16-10-23)33(28-17-11-24(2)12-18-28,29-19-13-25(3)14-20-29)22-30(31)32-21-26-7-5-4-6-8-26/h4-20,22H,21H2,1-3H3. The Morgan fingerprint density at radius 1 is 0.636 bits per heavy atom. The van der Waals surface area contributed by atoms with E-state index in [4.69, 9.17) is 4.74 Å². The van der Waals surface area contributed by atoms with Gasteiger partial charge in [0, 0.05) is 5.80 Å². The van der Waals surface area contributed by atoms with Crippen LogP contribution in [-0.2, 0) is 16.1 Å². The molecule has 4 aromatic carbocycles. The van der Waals surface area contributed by atoms with Gasteiger partial charge in [0.25, 0.3) is 0 Å². The first kappa shape index (κ1) is 22.8. The van der Waals surface area contributed by atoms with Gasteiger partial charge in [0.2, 0.25) is 0 Å². The lowest BCUT2D eigenvalue weighted by Crippen LogP contribution is -2.29. The van der Waals surface area contributed by atoms with Gasteiger partial charge in [-0.05, 0) is 49.1 Å². The summed E-state index contributed by atoms with van der Waals surface area (Å²) in [5.74, 6) is 1.55. The van der Waals surface area contributed by atoms with E-state index in [2.05, 4.69) is 93.6 Å². The normalized spacial score (nSPS) is 11.1. The van der Waals surface area contributed by atoms with Crippen molar-refractivity contribution in [2.75, 3.05) is 0 Å². The maximum Gasteiger partial charge on any atom is 0.332 e. The molecule has 0 aliphatic carbocycles. The highest BCUT2D eigenvalue weighted by Crippen LogP contribution is 2.44. The average molecular weight is 453 g/mol. The van der Waals surface area contributed by atoms with Gasteiger partial charge in [0.15, 0.2) is 0 Å². The van der Waals surface area contributed by atoms with Crippen molar-refractivity contribution in [3.8, 4) is 0 Å². The average Bonchev–Trinajstić information content (AvgIpc) is 2.84. The van der Waals surface area contributed by atoms with Crippen LogP contribution in [0.25, 0.3) is 0 Å². The van der Waals surface area contributed by atoms with Crippen molar-refractivity contribution >= 4 is 34.6 Å². The Hall–Kier alpha value is -3.35. The van der Waals surface area contributed by atoms with Crippen molar-refractivity contribution < 1.29 is 9.53 Å². The molecular formula is C30H29O2P. The molecule has 0 amide bonds. The Balaban J connectivity index is 1.91. The minimum Gasteiger partial charge on any atom is -0.458 e. The van der Waals surface area contributed by atoms with E-state index in [9.17, 15) is 4.79 Å². The van der Waals surface area contributed by atoms with E-state index in [1.807, 2.05) is 36.1 Å². The zero-order valence-corrected chi connectivity index (χ0v) is 20.3. The maximum atomic E-state index is 13.3. The SMILES string of the molecule is Cc1ccc(P(=CC(=O)OCc2ccccc2)(c2ccc(C)cc2)c2ccc(C)cc2)cc1. The molecule has 0 fully saturated rings. The third-order valence-electron chi connectivity index (χ3n) is 5.85. The number of rotatable bonds is 6. The summed E-state index contributed by atoms with van der Waals surface area (Å²) < 4.78 is 5.75. The van der Waals surface area contributed by atoms with Crippen LogP contribution in [0.15, 0.2) is 103 Å². The summed E-state index contributed by atoms with van der Waals surface area (Å²) in [5.41, 5.74) is 4.55. The molecule has 0 unspecified atom stereocenters. The monoisotopic (exact) mass is 452 g/mol. The predicted octanol–water partition coefficient (Wildman–Crippen LogP) is 5.45. The van der Waals surface area contributed by atoms with Crippen LogP contribution in [0.1, 0.15) is 22.3 Å². The molecule has 4 rings (SSSR count). The van der Waals surface area contributed by atoms with Crippen molar-refractivity contribution in [1.82, 2.24) is 0 Å². The van der Waals surface area contributed by atoms with Crippen LogP contribution < -0.4 is 15.9 Å². The van der Waals surface area contributed by atoms with E-state index in [1.54, 1.807) is 0 Å². The molecular weight excluding hydrogens is 423 g/mol. The van der Waals surface area contributed by atoms with Crippen molar-refractivity contribution in [2.45, 2.75) is 27.4 Å². The summed E-state index contributed by atoms with van der Waals surface area (Å²) in [7, 11) is 0. The Morgan fingerprint density at radius 3 is 1.42 bits per heavy atom. The van der Waals surface area contributed by atoms with Gasteiger partial charge < -0.3 is 4.74 Å². The lowest BCUT2D eigenvalue weighted by atomic mass is 10.2. The molecule has 0 aliphatic heterocycles. The lowest BCUT2D eigenvalue weighted by molar-refractivity contribution is -0.136. The van der Waals surface area contributed by atoms with Gasteiger partial charge in [-0.3, -0.25) is 0 Å². The fraction of sp³-hybridized carbons (Fsp3) is 0.133. The van der Waals surface area contributed by atoms with Crippen molar-refractivity contribution in [3.63, 3.8) is 0 Å². The summed E-state index contributed by atoms with van der Waals surface area (Å²) in [6, 6.07) is 35.5. The highest BCUT2D eigenvalue weighted by Gasteiger charge is 2.27. The number of aryl methyl sites for hydroxylation is 3. The van der Waals surface area contributed by atoms with Crippen LogP contribution in [0.5, 0.6) is 0 Å². The van der Waals surface area contributed by atoms with Crippen molar-refractivity contribution in [2.24, 2.45) is 0 Å². The predicted molar refractivity (Wildman–Crippen MR) is 142 cm³/mol. The van der Waals surface area contributed by atoms with E-state index in [1.165, 1.54) is 16.7 Å². The molecule has 0 aliphatic rings. The smallest absolute Gasteiger partial charge is 0.332 e. The van der Waals surface area contributed by atoms with Crippen molar-refractivity contribution in [3.05, 3.63) is 125 Å². The number of carbonyl (C=O) groups is 1. The number of esters is 1. The summed E-state index contributed by atoms with van der Waals surface area (Å²) >= 11 is 0. The van der Waals surface area contributed by atoms with Gasteiger partial charge in [-0.25, -0.2) is 4.79 Å². The third kappa shape index (κ3) is 5.18. The van der Waals surface area contributed by atoms with Gasteiger partial charge in [0.05, 0.1) is 0 Å². The quantitative estimate of drug-likeness (QED) is 0.287. The molecule has 0 aromatic heterocycles. The topological polar surface area (TPSA) is 26.3 Å². The molecule has 3 heteroatoms. The molecule has 0 saturated carbocycles. The van der Waals surface area contributed by atoms with Crippen molar-refractivity contribution in [1.29, 1.82) is 0 Å². The Labute approximate surface area is 196 Å². The van der Waals surface area contributed by atoms with E-state index in [0.717, 1.165) is 21.5 Å². The number of hydrogen-bond donors (Lipinski definition) is 0. The fourth-order valence-corrected chi connectivity index (χ4v) is 7.53. The molecule has 0 spiro atoms. The number of carbonyl (C=O) groups excluding carboxylic acids is 1. The maximum absolute atomic E-state index is 13.3. The van der Waals surface area contributed by atoms with E-state index < -0.39 is 6.89 Å². The number of benzene rings is 4. The zero-order chi connectivity index (χ0) is 23.3. The van der Waals surface area contributed by atoms with Gasteiger partial charge in [0.1, 0.15) is 6.61 Å². The summed E-state index contributed by atoms with van der Waals surface area (Å²) in [6.45, 7) is 4.11. The first-order chi connectivity index (χ1) is 16.0. The first-order valence-corrected chi connectivity index (χ1v) is 13.0. The third-order valence-corrected chi connectivity index (χ3v) is 9.78. The molecule has 0 atom stereocenters. The van der Waals surface area contributed by atoms with E-state index in [0.29, 0.717) is 0 Å². The Kier molecular flexibility index (Phi) is 6.96. The minimum atomic E-state index is -2.39. The first-order valence-electron chi connectivity index (χ1n) is 11.1. The number of hydrogen-bond acceptors (Lipinski definition) is 2. The van der Waals surface area contributed by atoms with E-state index in [-0.39, 0.29) is 12.6 Å². The largest absolute Gasteiger partial charge is 0.458 e. The van der Waals surface area contributed by atoms with Gasteiger partial charge in [-0.2, -0.15) is 0 Å². The second kappa shape index (κ2) is 10.1. The minimum absolute atomic E-state index is 0.256. The Morgan fingerprint density at radius 2 is 1.03 bits per heavy atom. The highest BCUT2D eigenvalue weighted by molar-refractivity contribution is 7.95. The molecule has 0 heterocycles. The molecule has 2 nitrogen and oxygen atoms in total. The highest BCUT2D eigenvalue weighted by atomic mass is 31.2. The van der Waals surface area contributed by atoms with Crippen LogP contribution in [0.4, 0.5) is 0 Å². The van der Waals surface area contributed by atoms with Gasteiger partial charge >= 0.3 is 5.97 Å². The van der Waals surface area contributed by atoms with Crippen LogP contribution in [0, 0.1) is 20.8 Å². The van der Waals surface area contributed by atoms with Crippen LogP contribution in [0.3, 0.4) is 0 Å². The number of ether oxygens (including phenoxy) is 1. The van der Waals surface area contributed by atoms with Gasteiger partial charge in [-0.15, -0.1) is 0 Å². The lowest BCUT2D eigenvalue weighted by Gasteiger charge is -2.28. The fourth-order valence-electron chi connectivity index (χ4n) is 3.93.